The van der Waals surface area contributed by atoms with E-state index in [2.05, 4.69) is 5.32 Å². The van der Waals surface area contributed by atoms with E-state index in [-0.39, 0.29) is 12.6 Å². The molecule has 0 bridgehead atoms. The van der Waals surface area contributed by atoms with Crippen molar-refractivity contribution < 1.29 is 24.2 Å². The summed E-state index contributed by atoms with van der Waals surface area (Å²) in [5.74, 6) is -1.08. The van der Waals surface area contributed by atoms with Crippen LogP contribution in [0.4, 0.5) is 0 Å². The summed E-state index contributed by atoms with van der Waals surface area (Å²) in [6.07, 6.45) is 3.46. The Kier molecular flexibility index (Phi) is 6.24. The zero-order chi connectivity index (χ0) is 14.3. The van der Waals surface area contributed by atoms with Gasteiger partial charge in [-0.15, -0.1) is 0 Å². The molecule has 0 saturated heterocycles. The molecule has 0 aromatic carbocycles. The maximum atomic E-state index is 11.8. The highest BCUT2D eigenvalue weighted by molar-refractivity contribution is 5.84. The number of nitrogens with one attached hydrogen (secondary N) is 1. The molecule has 1 saturated carbocycles. The Morgan fingerprint density at radius 3 is 2.53 bits per heavy atom. The monoisotopic (exact) mass is 273 g/mol. The van der Waals surface area contributed by atoms with E-state index in [0.717, 1.165) is 19.3 Å². The van der Waals surface area contributed by atoms with Crippen molar-refractivity contribution in [1.29, 1.82) is 0 Å². The second-order valence-corrected chi connectivity index (χ2v) is 5.09. The van der Waals surface area contributed by atoms with Crippen LogP contribution in [0, 0.1) is 0 Å². The van der Waals surface area contributed by atoms with Gasteiger partial charge in [-0.3, -0.25) is 4.79 Å². The van der Waals surface area contributed by atoms with Crippen LogP contribution in [-0.2, 0) is 19.1 Å². The van der Waals surface area contributed by atoms with Gasteiger partial charge in [0.25, 0.3) is 5.91 Å². The molecule has 0 heterocycles. The molecule has 0 aliphatic heterocycles. The fraction of sp³-hybridized carbons (Fsp3) is 0.846. The van der Waals surface area contributed by atoms with Crippen molar-refractivity contribution in [3.8, 4) is 0 Å². The van der Waals surface area contributed by atoms with Crippen LogP contribution in [0.3, 0.4) is 0 Å². The SMILES string of the molecule is COCC(C)NC(=O)COC(=O)C1(O)CCCCC1. The Balaban J connectivity index is 2.31. The molecule has 1 amide bonds. The van der Waals surface area contributed by atoms with Gasteiger partial charge in [0.2, 0.25) is 0 Å². The molecule has 6 nitrogen and oxygen atoms in total. The minimum absolute atomic E-state index is 0.144. The molecular formula is C13H23NO5. The predicted octanol–water partition coefficient (Wildman–Crippen LogP) is 0.376. The number of hydrogen-bond acceptors (Lipinski definition) is 5. The van der Waals surface area contributed by atoms with Crippen molar-refractivity contribution in [2.45, 2.75) is 50.7 Å². The lowest BCUT2D eigenvalue weighted by Gasteiger charge is -2.29. The maximum Gasteiger partial charge on any atom is 0.338 e. The molecule has 110 valence electrons. The van der Waals surface area contributed by atoms with Crippen molar-refractivity contribution in [1.82, 2.24) is 5.32 Å². The summed E-state index contributed by atoms with van der Waals surface area (Å²) in [5, 5.41) is 12.7. The highest BCUT2D eigenvalue weighted by atomic mass is 16.6. The van der Waals surface area contributed by atoms with E-state index in [9.17, 15) is 14.7 Å². The van der Waals surface area contributed by atoms with E-state index in [1.54, 1.807) is 14.0 Å². The number of methoxy groups -OCH3 is 1. The van der Waals surface area contributed by atoms with Crippen LogP contribution in [0.25, 0.3) is 0 Å². The van der Waals surface area contributed by atoms with E-state index < -0.39 is 17.5 Å². The van der Waals surface area contributed by atoms with Crippen LogP contribution < -0.4 is 5.32 Å². The Labute approximate surface area is 113 Å². The van der Waals surface area contributed by atoms with Crippen LogP contribution in [0.15, 0.2) is 0 Å². The first-order valence-corrected chi connectivity index (χ1v) is 6.66. The lowest BCUT2D eigenvalue weighted by Crippen LogP contribution is -2.44. The number of ether oxygens (including phenoxy) is 2. The third-order valence-corrected chi connectivity index (χ3v) is 3.22. The summed E-state index contributed by atoms with van der Waals surface area (Å²) in [6.45, 7) is 1.82. The number of rotatable bonds is 6. The fourth-order valence-corrected chi connectivity index (χ4v) is 2.21. The summed E-state index contributed by atoms with van der Waals surface area (Å²) >= 11 is 0. The average Bonchev–Trinajstić information content (AvgIpc) is 2.37. The zero-order valence-corrected chi connectivity index (χ0v) is 11.6. The number of amides is 1. The largest absolute Gasteiger partial charge is 0.453 e. The van der Waals surface area contributed by atoms with Crippen molar-refractivity contribution in [2.24, 2.45) is 0 Å². The van der Waals surface area contributed by atoms with Gasteiger partial charge in [-0.05, 0) is 32.6 Å². The van der Waals surface area contributed by atoms with Gasteiger partial charge in [0.05, 0.1) is 6.61 Å². The number of esters is 1. The zero-order valence-electron chi connectivity index (χ0n) is 11.6. The number of aliphatic hydroxyl groups is 1. The minimum Gasteiger partial charge on any atom is -0.453 e. The molecule has 2 N–H and O–H groups in total. The Morgan fingerprint density at radius 1 is 1.32 bits per heavy atom. The Morgan fingerprint density at radius 2 is 1.95 bits per heavy atom. The second-order valence-electron chi connectivity index (χ2n) is 5.09. The quantitative estimate of drug-likeness (QED) is 0.683. The fourth-order valence-electron chi connectivity index (χ4n) is 2.21. The highest BCUT2D eigenvalue weighted by Gasteiger charge is 2.38. The van der Waals surface area contributed by atoms with Gasteiger partial charge in [0.1, 0.15) is 0 Å². The molecule has 0 aromatic rings. The number of carbonyl (C=O) groups is 2. The van der Waals surface area contributed by atoms with Crippen LogP contribution in [-0.4, -0.2) is 48.9 Å². The van der Waals surface area contributed by atoms with Crippen molar-refractivity contribution in [2.75, 3.05) is 20.3 Å². The first-order chi connectivity index (χ1) is 8.98. The first-order valence-electron chi connectivity index (χ1n) is 6.66. The summed E-state index contributed by atoms with van der Waals surface area (Å²) < 4.78 is 9.76. The maximum absolute atomic E-state index is 11.8. The highest BCUT2D eigenvalue weighted by Crippen LogP contribution is 2.28. The molecular weight excluding hydrogens is 250 g/mol. The van der Waals surface area contributed by atoms with Crippen molar-refractivity contribution in [3.63, 3.8) is 0 Å². The van der Waals surface area contributed by atoms with E-state index in [1.165, 1.54) is 0 Å². The first kappa shape index (κ1) is 15.9. The lowest BCUT2D eigenvalue weighted by atomic mass is 9.85. The minimum atomic E-state index is -1.41. The van der Waals surface area contributed by atoms with Crippen LogP contribution in [0.5, 0.6) is 0 Å². The molecule has 0 aromatic heterocycles. The van der Waals surface area contributed by atoms with Gasteiger partial charge in [-0.1, -0.05) is 6.42 Å². The Bertz CT molecular complexity index is 312. The van der Waals surface area contributed by atoms with Gasteiger partial charge in [-0.25, -0.2) is 4.79 Å². The van der Waals surface area contributed by atoms with Gasteiger partial charge >= 0.3 is 5.97 Å². The van der Waals surface area contributed by atoms with Crippen LogP contribution in [0.2, 0.25) is 0 Å². The van der Waals surface area contributed by atoms with E-state index in [0.29, 0.717) is 19.4 Å². The topological polar surface area (TPSA) is 84.9 Å². The predicted molar refractivity (Wildman–Crippen MR) is 68.5 cm³/mol. The summed E-state index contributed by atoms with van der Waals surface area (Å²) in [5.41, 5.74) is -1.41. The van der Waals surface area contributed by atoms with Gasteiger partial charge in [0.15, 0.2) is 12.2 Å². The molecule has 19 heavy (non-hydrogen) atoms. The standard InChI is InChI=1S/C13H23NO5/c1-10(8-18-2)14-11(15)9-19-12(16)13(17)6-4-3-5-7-13/h10,17H,3-9H2,1-2H3,(H,14,15). The third-order valence-electron chi connectivity index (χ3n) is 3.22. The third kappa shape index (κ3) is 5.16. The van der Waals surface area contributed by atoms with E-state index >= 15 is 0 Å². The molecule has 1 aliphatic carbocycles. The van der Waals surface area contributed by atoms with Crippen molar-refractivity contribution in [3.05, 3.63) is 0 Å². The Hall–Kier alpha value is -1.14. The van der Waals surface area contributed by atoms with Gasteiger partial charge in [-0.2, -0.15) is 0 Å². The van der Waals surface area contributed by atoms with Crippen LogP contribution >= 0.6 is 0 Å². The van der Waals surface area contributed by atoms with E-state index in [4.69, 9.17) is 9.47 Å². The molecule has 1 aliphatic rings. The molecule has 0 radical (unpaired) electrons. The lowest BCUT2D eigenvalue weighted by molar-refractivity contribution is -0.170. The van der Waals surface area contributed by atoms with Crippen LogP contribution in [0.1, 0.15) is 39.0 Å². The van der Waals surface area contributed by atoms with Crippen molar-refractivity contribution >= 4 is 11.9 Å². The number of hydrogen-bond donors (Lipinski definition) is 2. The second kappa shape index (κ2) is 7.45. The molecule has 6 heteroatoms. The average molecular weight is 273 g/mol. The molecule has 1 unspecified atom stereocenters. The molecule has 1 fully saturated rings. The summed E-state index contributed by atoms with van der Waals surface area (Å²) in [7, 11) is 1.54. The summed E-state index contributed by atoms with van der Waals surface area (Å²) in [6, 6.07) is -0.144. The number of carbonyl (C=O) groups excluding carboxylic acids is 2. The van der Waals surface area contributed by atoms with Gasteiger partial charge < -0.3 is 19.9 Å². The van der Waals surface area contributed by atoms with Gasteiger partial charge in [0, 0.05) is 13.2 Å². The summed E-state index contributed by atoms with van der Waals surface area (Å²) in [4.78, 5) is 23.3. The molecule has 1 rings (SSSR count). The smallest absolute Gasteiger partial charge is 0.338 e. The van der Waals surface area contributed by atoms with E-state index in [1.807, 2.05) is 0 Å². The normalized spacial score (nSPS) is 19.5. The molecule has 1 atom stereocenters. The molecule has 0 spiro atoms.